The molecule has 0 unspecified atom stereocenters. The zero-order valence-corrected chi connectivity index (χ0v) is 21.0. The third-order valence-corrected chi connectivity index (χ3v) is 6.41. The summed E-state index contributed by atoms with van der Waals surface area (Å²) in [5.74, 6) is 0. The first kappa shape index (κ1) is 29.7. The van der Waals surface area contributed by atoms with Crippen LogP contribution in [0.4, 0.5) is 0 Å². The fourth-order valence-corrected chi connectivity index (χ4v) is 4.30. The molecular formula is C30H58. The Bertz CT molecular complexity index is 303. The molecule has 30 heavy (non-hydrogen) atoms. The van der Waals surface area contributed by atoms with Gasteiger partial charge in [0.2, 0.25) is 0 Å². The van der Waals surface area contributed by atoms with Gasteiger partial charge in [-0.3, -0.25) is 0 Å². The van der Waals surface area contributed by atoms with Gasteiger partial charge in [0.15, 0.2) is 0 Å². The molecule has 0 heterocycles. The van der Waals surface area contributed by atoms with E-state index in [1.807, 2.05) is 0 Å². The molecule has 0 fully saturated rings. The van der Waals surface area contributed by atoms with E-state index in [1.54, 1.807) is 0 Å². The van der Waals surface area contributed by atoms with E-state index in [-0.39, 0.29) is 0 Å². The Morgan fingerprint density at radius 2 is 0.467 bits per heavy atom. The normalized spacial score (nSPS) is 11.7. The van der Waals surface area contributed by atoms with Gasteiger partial charge in [0.25, 0.3) is 0 Å². The maximum Gasteiger partial charge on any atom is -0.0351 e. The molecule has 0 rings (SSSR count). The molecule has 0 saturated heterocycles. The highest BCUT2D eigenvalue weighted by Gasteiger charge is 1.95. The summed E-state index contributed by atoms with van der Waals surface area (Å²) in [6, 6.07) is 0. The van der Waals surface area contributed by atoms with Crippen molar-refractivity contribution in [1.29, 1.82) is 0 Å². The molecule has 0 saturated carbocycles. The Labute approximate surface area is 193 Å². The van der Waals surface area contributed by atoms with Crippen molar-refractivity contribution in [3.63, 3.8) is 0 Å². The number of hydrogen-bond donors (Lipinski definition) is 0. The quantitative estimate of drug-likeness (QED) is 0.0967. The molecule has 0 heteroatoms. The van der Waals surface area contributed by atoms with Gasteiger partial charge in [0, 0.05) is 0 Å². The van der Waals surface area contributed by atoms with Crippen LogP contribution in [0.1, 0.15) is 167 Å². The van der Waals surface area contributed by atoms with Gasteiger partial charge in [0.05, 0.1) is 0 Å². The number of rotatable bonds is 26. The predicted octanol–water partition coefficient (Wildman–Crippen LogP) is 11.4. The van der Waals surface area contributed by atoms with Gasteiger partial charge in [-0.25, -0.2) is 0 Å². The van der Waals surface area contributed by atoms with Gasteiger partial charge in [0.1, 0.15) is 0 Å². The van der Waals surface area contributed by atoms with E-state index in [4.69, 9.17) is 0 Å². The van der Waals surface area contributed by atoms with E-state index >= 15 is 0 Å². The molecule has 0 N–H and O–H groups in total. The van der Waals surface area contributed by atoms with Crippen LogP contribution in [0, 0.1) is 13.8 Å². The van der Waals surface area contributed by atoms with Gasteiger partial charge >= 0.3 is 0 Å². The smallest absolute Gasteiger partial charge is 0.0351 e. The van der Waals surface area contributed by atoms with Gasteiger partial charge < -0.3 is 0 Å². The van der Waals surface area contributed by atoms with Crippen LogP contribution in [0.25, 0.3) is 0 Å². The summed E-state index contributed by atoms with van der Waals surface area (Å²) in [4.78, 5) is 0. The Balaban J connectivity index is 3.02. The third kappa shape index (κ3) is 27.7. The molecule has 0 nitrogen and oxygen atoms in total. The minimum atomic E-state index is 1.10. The van der Waals surface area contributed by atoms with Crippen LogP contribution in [0.2, 0.25) is 0 Å². The predicted molar refractivity (Wildman–Crippen MR) is 140 cm³/mol. The second-order valence-corrected chi connectivity index (χ2v) is 9.53. The molecule has 0 atom stereocenters. The second kappa shape index (κ2) is 28.7. The van der Waals surface area contributed by atoms with E-state index in [9.17, 15) is 0 Å². The summed E-state index contributed by atoms with van der Waals surface area (Å²) in [7, 11) is 0. The fraction of sp³-hybridized carbons (Fsp3) is 0.867. The molecule has 0 aliphatic carbocycles. The fourth-order valence-electron chi connectivity index (χ4n) is 4.30. The van der Waals surface area contributed by atoms with E-state index in [1.165, 1.54) is 154 Å². The van der Waals surface area contributed by atoms with Crippen LogP contribution in [0.5, 0.6) is 0 Å². The highest BCUT2D eigenvalue weighted by Crippen LogP contribution is 2.15. The lowest BCUT2D eigenvalue weighted by atomic mass is 10.0. The summed E-state index contributed by atoms with van der Waals surface area (Å²) >= 11 is 0. The average Bonchev–Trinajstić information content (AvgIpc) is 2.76. The lowest BCUT2D eigenvalue weighted by Gasteiger charge is -2.04. The molecule has 0 aromatic rings. The lowest BCUT2D eigenvalue weighted by molar-refractivity contribution is 0.522. The molecule has 0 amide bonds. The van der Waals surface area contributed by atoms with Gasteiger partial charge in [-0.2, -0.15) is 0 Å². The van der Waals surface area contributed by atoms with Gasteiger partial charge in [-0.15, -0.1) is 0 Å². The van der Waals surface area contributed by atoms with Crippen molar-refractivity contribution in [2.75, 3.05) is 0 Å². The third-order valence-electron chi connectivity index (χ3n) is 6.41. The van der Waals surface area contributed by atoms with Gasteiger partial charge in [-0.05, 0) is 25.7 Å². The standard InChI is InChI=1S/C30H58/c1-3-5-7-9-11-13-15-17-19-21-23-25-27-29-30-28-26-24-22-20-18-16-14-12-10-8-6-4-2/h13,15H,1-12,14,16-30H2. The van der Waals surface area contributed by atoms with E-state index in [2.05, 4.69) is 26.0 Å². The summed E-state index contributed by atoms with van der Waals surface area (Å²) in [6.45, 7) is 7.81. The first-order valence-corrected chi connectivity index (χ1v) is 14.1. The zero-order chi connectivity index (χ0) is 21.8. The summed E-state index contributed by atoms with van der Waals surface area (Å²) in [5.41, 5.74) is 0. The maximum absolute atomic E-state index is 3.91. The molecular weight excluding hydrogens is 360 g/mol. The molecule has 0 aromatic carbocycles. The Morgan fingerprint density at radius 1 is 0.267 bits per heavy atom. The summed E-state index contributed by atoms with van der Waals surface area (Å²) in [5, 5.41) is 0. The topological polar surface area (TPSA) is 0 Å². The average molecular weight is 419 g/mol. The van der Waals surface area contributed by atoms with E-state index in [0.29, 0.717) is 0 Å². The minimum absolute atomic E-state index is 1.10. The Kier molecular flexibility index (Phi) is 28.5. The Morgan fingerprint density at radius 3 is 0.733 bits per heavy atom. The first-order chi connectivity index (χ1) is 14.9. The maximum atomic E-state index is 3.91. The van der Waals surface area contributed by atoms with Crippen molar-refractivity contribution in [2.24, 2.45) is 0 Å². The summed E-state index contributed by atoms with van der Waals surface area (Å²) < 4.78 is 0. The SMILES string of the molecule is [CH2]CCCCCC=CCCCCCCCCCCCCCCCCCCCCC[CH2]. The first-order valence-electron chi connectivity index (χ1n) is 14.1. The molecule has 0 aromatic heterocycles. The van der Waals surface area contributed by atoms with Gasteiger partial charge in [-0.1, -0.05) is 167 Å². The molecule has 0 spiro atoms. The zero-order valence-electron chi connectivity index (χ0n) is 21.0. The number of allylic oxidation sites excluding steroid dienone is 2. The van der Waals surface area contributed by atoms with Crippen molar-refractivity contribution in [3.8, 4) is 0 Å². The van der Waals surface area contributed by atoms with Crippen LogP contribution < -0.4 is 0 Å². The molecule has 0 aliphatic rings. The molecule has 0 aliphatic heterocycles. The number of hydrogen-bond acceptors (Lipinski definition) is 0. The molecule has 0 bridgehead atoms. The van der Waals surface area contributed by atoms with Crippen molar-refractivity contribution < 1.29 is 0 Å². The highest BCUT2D eigenvalue weighted by molar-refractivity contribution is 4.81. The van der Waals surface area contributed by atoms with Crippen LogP contribution in [-0.2, 0) is 0 Å². The van der Waals surface area contributed by atoms with Crippen molar-refractivity contribution in [3.05, 3.63) is 26.0 Å². The van der Waals surface area contributed by atoms with Crippen LogP contribution in [0.3, 0.4) is 0 Å². The monoisotopic (exact) mass is 418 g/mol. The Hall–Kier alpha value is -0.260. The lowest BCUT2D eigenvalue weighted by Crippen LogP contribution is -1.84. The number of unbranched alkanes of at least 4 members (excludes halogenated alkanes) is 24. The van der Waals surface area contributed by atoms with E-state index in [0.717, 1.165) is 12.8 Å². The van der Waals surface area contributed by atoms with E-state index < -0.39 is 0 Å². The van der Waals surface area contributed by atoms with Crippen LogP contribution in [-0.4, -0.2) is 0 Å². The largest absolute Gasteiger partial charge is 0.0885 e. The summed E-state index contributed by atoms with van der Waals surface area (Å²) in [6.07, 6.45) is 41.2. The van der Waals surface area contributed by atoms with Crippen molar-refractivity contribution >= 4 is 0 Å². The molecule has 178 valence electrons. The van der Waals surface area contributed by atoms with Crippen molar-refractivity contribution in [1.82, 2.24) is 0 Å². The minimum Gasteiger partial charge on any atom is -0.0885 e. The highest BCUT2D eigenvalue weighted by atomic mass is 14.0. The van der Waals surface area contributed by atoms with Crippen LogP contribution in [0.15, 0.2) is 12.2 Å². The molecule has 2 radical (unpaired) electrons. The van der Waals surface area contributed by atoms with Crippen molar-refractivity contribution in [2.45, 2.75) is 167 Å². The van der Waals surface area contributed by atoms with Crippen LogP contribution >= 0.6 is 0 Å². The second-order valence-electron chi connectivity index (χ2n) is 9.53.